The molecule has 0 bridgehead atoms. The van der Waals surface area contributed by atoms with Gasteiger partial charge in [-0.25, -0.2) is 4.79 Å². The summed E-state index contributed by atoms with van der Waals surface area (Å²) < 4.78 is 0. The zero-order valence-electron chi connectivity index (χ0n) is 14.8. The van der Waals surface area contributed by atoms with Crippen LogP contribution in [0.1, 0.15) is 49.8 Å². The molecule has 0 radical (unpaired) electrons. The summed E-state index contributed by atoms with van der Waals surface area (Å²) in [5, 5.41) is 9.32. The van der Waals surface area contributed by atoms with E-state index in [9.17, 15) is 9.90 Å². The Morgan fingerprint density at radius 1 is 0.923 bits per heavy atom. The summed E-state index contributed by atoms with van der Waals surface area (Å²) in [6.45, 7) is 4.23. The molecule has 2 aromatic heterocycles. The second-order valence-corrected chi connectivity index (χ2v) is 9.16. The molecule has 1 aliphatic rings. The number of aryl methyl sites for hydroxylation is 2. The van der Waals surface area contributed by atoms with E-state index >= 15 is 0 Å². The lowest BCUT2D eigenvalue weighted by molar-refractivity contribution is 0.0702. The van der Waals surface area contributed by atoms with Crippen LogP contribution in [0.4, 0.5) is 0 Å². The van der Waals surface area contributed by atoms with Crippen molar-refractivity contribution in [1.82, 2.24) is 0 Å². The molecule has 2 heterocycles. The molecule has 26 heavy (non-hydrogen) atoms. The third kappa shape index (κ3) is 3.04. The first kappa shape index (κ1) is 17.3. The van der Waals surface area contributed by atoms with Gasteiger partial charge in [-0.1, -0.05) is 30.3 Å². The number of hydrogen-bond donors (Lipinski definition) is 1. The maximum Gasteiger partial charge on any atom is 0.345 e. The molecule has 4 rings (SSSR count). The Kier molecular flexibility index (Phi) is 4.55. The maximum absolute atomic E-state index is 11.3. The molecule has 2 nitrogen and oxygen atoms in total. The van der Waals surface area contributed by atoms with Crippen LogP contribution in [0, 0.1) is 13.8 Å². The predicted molar refractivity (Wildman–Crippen MR) is 111 cm³/mol. The fraction of sp³-hybridized carbons (Fsp3) is 0.227. The zero-order valence-corrected chi connectivity index (χ0v) is 16.5. The van der Waals surface area contributed by atoms with Crippen molar-refractivity contribution in [2.24, 2.45) is 0 Å². The average Bonchev–Trinajstić information content (AvgIpc) is 3.33. The topological polar surface area (TPSA) is 37.3 Å². The van der Waals surface area contributed by atoms with E-state index in [1.807, 2.05) is 30.4 Å². The first-order chi connectivity index (χ1) is 12.5. The normalized spacial score (nSPS) is 14.2. The first-order valence-electron chi connectivity index (χ1n) is 8.77. The second kappa shape index (κ2) is 6.86. The van der Waals surface area contributed by atoms with Crippen molar-refractivity contribution in [2.45, 2.75) is 33.1 Å². The Hall–Kier alpha value is -2.17. The van der Waals surface area contributed by atoms with Crippen molar-refractivity contribution in [1.29, 1.82) is 0 Å². The van der Waals surface area contributed by atoms with Crippen LogP contribution in [0.3, 0.4) is 0 Å². The van der Waals surface area contributed by atoms with Gasteiger partial charge < -0.3 is 5.11 Å². The molecule has 0 fully saturated rings. The van der Waals surface area contributed by atoms with Crippen LogP contribution < -0.4 is 0 Å². The Morgan fingerprint density at radius 2 is 1.54 bits per heavy atom. The van der Waals surface area contributed by atoms with Crippen molar-refractivity contribution in [2.75, 3.05) is 0 Å². The molecular formula is C22H20O2S2. The van der Waals surface area contributed by atoms with E-state index in [-0.39, 0.29) is 0 Å². The standard InChI is InChI=1S/C22H20O2S2/c1-13-18(11-20(25-13)15-7-4-3-5-8-15)16-9-6-10-17(16)19-12-21(22(23)24)26-14(19)2/h3-5,7-8,11-12H,6,9-10H2,1-2H3,(H,23,24). The monoisotopic (exact) mass is 380 g/mol. The molecule has 0 aliphatic heterocycles. The van der Waals surface area contributed by atoms with Crippen molar-refractivity contribution < 1.29 is 9.90 Å². The van der Waals surface area contributed by atoms with Crippen LogP contribution in [0.15, 0.2) is 42.5 Å². The largest absolute Gasteiger partial charge is 0.477 e. The summed E-state index contributed by atoms with van der Waals surface area (Å²) in [6, 6.07) is 14.7. The van der Waals surface area contributed by atoms with Crippen molar-refractivity contribution in [3.63, 3.8) is 0 Å². The van der Waals surface area contributed by atoms with Gasteiger partial charge in [0, 0.05) is 14.6 Å². The highest BCUT2D eigenvalue weighted by Crippen LogP contribution is 2.46. The molecule has 1 N–H and O–H groups in total. The number of thiophene rings is 2. The minimum Gasteiger partial charge on any atom is -0.477 e. The average molecular weight is 381 g/mol. The second-order valence-electron chi connectivity index (χ2n) is 6.64. The van der Waals surface area contributed by atoms with E-state index in [0.717, 1.165) is 29.7 Å². The molecule has 0 atom stereocenters. The third-order valence-corrected chi connectivity index (χ3v) is 7.11. The summed E-state index contributed by atoms with van der Waals surface area (Å²) >= 11 is 3.22. The molecule has 0 saturated heterocycles. The van der Waals surface area contributed by atoms with Gasteiger partial charge in [0.25, 0.3) is 0 Å². The number of hydrogen-bond acceptors (Lipinski definition) is 3. The molecule has 1 aliphatic carbocycles. The zero-order chi connectivity index (χ0) is 18.3. The van der Waals surface area contributed by atoms with Gasteiger partial charge in [0.05, 0.1) is 0 Å². The van der Waals surface area contributed by atoms with E-state index in [0.29, 0.717) is 4.88 Å². The van der Waals surface area contributed by atoms with Gasteiger partial charge in [-0.3, -0.25) is 0 Å². The van der Waals surface area contributed by atoms with E-state index in [4.69, 9.17) is 0 Å². The number of aromatic carboxylic acids is 1. The molecule has 0 unspecified atom stereocenters. The van der Waals surface area contributed by atoms with Crippen LogP contribution in [-0.4, -0.2) is 11.1 Å². The number of carboxylic acid groups (broad SMARTS) is 1. The van der Waals surface area contributed by atoms with Crippen LogP contribution >= 0.6 is 22.7 Å². The summed E-state index contributed by atoms with van der Waals surface area (Å²) in [5.74, 6) is -0.831. The highest BCUT2D eigenvalue weighted by Gasteiger charge is 2.24. The summed E-state index contributed by atoms with van der Waals surface area (Å²) in [7, 11) is 0. The van der Waals surface area contributed by atoms with Crippen LogP contribution in [-0.2, 0) is 0 Å². The van der Waals surface area contributed by atoms with Gasteiger partial charge in [-0.15, -0.1) is 22.7 Å². The van der Waals surface area contributed by atoms with E-state index < -0.39 is 5.97 Å². The van der Waals surface area contributed by atoms with Crippen LogP contribution in [0.5, 0.6) is 0 Å². The number of rotatable bonds is 4. The molecule has 132 valence electrons. The van der Waals surface area contributed by atoms with E-state index in [1.54, 1.807) is 0 Å². The lowest BCUT2D eigenvalue weighted by Gasteiger charge is -2.07. The Bertz CT molecular complexity index is 1010. The van der Waals surface area contributed by atoms with Gasteiger partial charge in [0.15, 0.2) is 0 Å². The summed E-state index contributed by atoms with van der Waals surface area (Å²) in [4.78, 5) is 15.5. The summed E-state index contributed by atoms with van der Waals surface area (Å²) in [5.41, 5.74) is 6.47. The highest BCUT2D eigenvalue weighted by molar-refractivity contribution is 7.15. The van der Waals surface area contributed by atoms with Crippen molar-refractivity contribution >= 4 is 39.8 Å². The number of carbonyl (C=O) groups is 1. The van der Waals surface area contributed by atoms with Gasteiger partial charge in [-0.2, -0.15) is 0 Å². The summed E-state index contributed by atoms with van der Waals surface area (Å²) in [6.07, 6.45) is 3.24. The fourth-order valence-electron chi connectivity index (χ4n) is 3.75. The number of allylic oxidation sites excluding steroid dienone is 2. The molecule has 0 spiro atoms. The maximum atomic E-state index is 11.3. The predicted octanol–water partition coefficient (Wildman–Crippen LogP) is 6.89. The Labute approximate surface area is 161 Å². The van der Waals surface area contributed by atoms with Crippen LogP contribution in [0.25, 0.3) is 21.6 Å². The van der Waals surface area contributed by atoms with Crippen LogP contribution in [0.2, 0.25) is 0 Å². The SMILES string of the molecule is Cc1sc(C(=O)O)cc1C1=C(c2cc(-c3ccccc3)sc2C)CCC1. The van der Waals surface area contributed by atoms with Gasteiger partial charge in [0.2, 0.25) is 0 Å². The third-order valence-electron chi connectivity index (χ3n) is 4.97. The number of benzene rings is 1. The fourth-order valence-corrected chi connectivity index (χ4v) is 5.69. The van der Waals surface area contributed by atoms with E-state index in [1.165, 1.54) is 43.4 Å². The molecule has 0 amide bonds. The first-order valence-corrected chi connectivity index (χ1v) is 10.4. The molecule has 0 saturated carbocycles. The molecular weight excluding hydrogens is 360 g/mol. The minimum atomic E-state index is -0.831. The van der Waals surface area contributed by atoms with Gasteiger partial charge >= 0.3 is 5.97 Å². The Balaban J connectivity index is 1.80. The highest BCUT2D eigenvalue weighted by atomic mass is 32.1. The Morgan fingerprint density at radius 3 is 2.15 bits per heavy atom. The molecule has 4 heteroatoms. The van der Waals surface area contributed by atoms with Crippen molar-refractivity contribution in [3.05, 3.63) is 68.2 Å². The molecule has 3 aromatic rings. The van der Waals surface area contributed by atoms with Crippen molar-refractivity contribution in [3.8, 4) is 10.4 Å². The minimum absolute atomic E-state index is 0.434. The quantitative estimate of drug-likeness (QED) is 0.535. The lowest BCUT2D eigenvalue weighted by atomic mass is 9.97. The van der Waals surface area contributed by atoms with Gasteiger partial charge in [-0.05, 0) is 73.1 Å². The number of carboxylic acids is 1. The lowest BCUT2D eigenvalue weighted by Crippen LogP contribution is -1.91. The molecule has 1 aromatic carbocycles. The van der Waals surface area contributed by atoms with Gasteiger partial charge in [0.1, 0.15) is 4.88 Å². The van der Waals surface area contributed by atoms with E-state index in [2.05, 4.69) is 37.3 Å². The smallest absolute Gasteiger partial charge is 0.345 e.